The topological polar surface area (TPSA) is 52.7 Å². The zero-order valence-corrected chi connectivity index (χ0v) is 17.7. The molecule has 0 aliphatic carbocycles. The van der Waals surface area contributed by atoms with Crippen LogP contribution in [0, 0.1) is 5.92 Å². The summed E-state index contributed by atoms with van der Waals surface area (Å²) in [5.41, 5.74) is 2.33. The molecule has 1 atom stereocenters. The van der Waals surface area contributed by atoms with Crippen molar-refractivity contribution in [2.45, 2.75) is 33.2 Å². The van der Waals surface area contributed by atoms with Crippen molar-refractivity contribution in [1.29, 1.82) is 0 Å². The summed E-state index contributed by atoms with van der Waals surface area (Å²) < 4.78 is 0. The highest BCUT2D eigenvalue weighted by Gasteiger charge is 2.33. The predicted octanol–water partition coefficient (Wildman–Crippen LogP) is 3.91. The maximum atomic E-state index is 13.3. The molecule has 5 nitrogen and oxygen atoms in total. The molecule has 0 saturated heterocycles. The van der Waals surface area contributed by atoms with Crippen molar-refractivity contribution in [2.24, 2.45) is 5.92 Å². The van der Waals surface area contributed by atoms with Crippen molar-refractivity contribution in [3.63, 3.8) is 0 Å². The molecule has 1 aliphatic heterocycles. The van der Waals surface area contributed by atoms with E-state index < -0.39 is 0 Å². The van der Waals surface area contributed by atoms with E-state index in [0.717, 1.165) is 12.0 Å². The molecule has 0 spiro atoms. The summed E-state index contributed by atoms with van der Waals surface area (Å²) in [6.45, 7) is 7.90. The minimum Gasteiger partial charge on any atom is -0.338 e. The van der Waals surface area contributed by atoms with Crippen molar-refractivity contribution in [3.8, 4) is 0 Å². The van der Waals surface area contributed by atoms with Crippen LogP contribution in [0.1, 0.15) is 42.8 Å². The summed E-state index contributed by atoms with van der Waals surface area (Å²) in [6.07, 6.45) is 0.868. The molecule has 6 heteroatoms. The number of carbonyl (C=O) groups is 2. The average Bonchev–Trinajstić information content (AvgIpc) is 3.16. The van der Waals surface area contributed by atoms with Gasteiger partial charge in [0.1, 0.15) is 6.54 Å². The highest BCUT2D eigenvalue weighted by atomic mass is 32.1. The van der Waals surface area contributed by atoms with Crippen LogP contribution in [-0.2, 0) is 11.2 Å². The van der Waals surface area contributed by atoms with Crippen LogP contribution in [0.4, 0.5) is 4.79 Å². The SMILES string of the molecule is CCNC(=O)N(CC(=O)N1CCc2sccc2[C@H]1c1ccccc1)CC(C)C. The van der Waals surface area contributed by atoms with Gasteiger partial charge in [0, 0.05) is 24.5 Å². The fraction of sp³-hybridized carbons (Fsp3) is 0.455. The summed E-state index contributed by atoms with van der Waals surface area (Å²) in [5.74, 6) is 0.294. The van der Waals surface area contributed by atoms with Crippen LogP contribution in [0.15, 0.2) is 41.8 Å². The maximum Gasteiger partial charge on any atom is 0.317 e. The zero-order valence-electron chi connectivity index (χ0n) is 16.9. The van der Waals surface area contributed by atoms with Gasteiger partial charge in [-0.2, -0.15) is 0 Å². The molecular formula is C22H29N3O2S. The summed E-state index contributed by atoms with van der Waals surface area (Å²) in [4.78, 5) is 30.7. The van der Waals surface area contributed by atoms with Gasteiger partial charge in [0.2, 0.25) is 5.91 Å². The lowest BCUT2D eigenvalue weighted by atomic mass is 9.93. The maximum absolute atomic E-state index is 13.3. The summed E-state index contributed by atoms with van der Waals surface area (Å²) in [5, 5.41) is 4.94. The van der Waals surface area contributed by atoms with Crippen LogP contribution in [0.2, 0.25) is 0 Å². The number of hydrogen-bond donors (Lipinski definition) is 1. The van der Waals surface area contributed by atoms with E-state index in [0.29, 0.717) is 25.6 Å². The van der Waals surface area contributed by atoms with Crippen molar-refractivity contribution in [1.82, 2.24) is 15.1 Å². The van der Waals surface area contributed by atoms with E-state index in [1.807, 2.05) is 30.0 Å². The van der Waals surface area contributed by atoms with Gasteiger partial charge in [-0.15, -0.1) is 11.3 Å². The first-order valence-corrected chi connectivity index (χ1v) is 10.8. The molecule has 0 saturated carbocycles. The van der Waals surface area contributed by atoms with E-state index in [2.05, 4.69) is 42.7 Å². The molecule has 2 heterocycles. The van der Waals surface area contributed by atoms with Gasteiger partial charge in [0.25, 0.3) is 0 Å². The Bertz CT molecular complexity index is 803. The third-order valence-electron chi connectivity index (χ3n) is 4.93. The predicted molar refractivity (Wildman–Crippen MR) is 114 cm³/mol. The molecule has 1 aromatic heterocycles. The monoisotopic (exact) mass is 399 g/mol. The van der Waals surface area contributed by atoms with Gasteiger partial charge in [-0.3, -0.25) is 4.79 Å². The van der Waals surface area contributed by atoms with E-state index in [4.69, 9.17) is 0 Å². The third kappa shape index (κ3) is 4.55. The van der Waals surface area contributed by atoms with Gasteiger partial charge in [0.15, 0.2) is 0 Å². The van der Waals surface area contributed by atoms with Gasteiger partial charge < -0.3 is 15.1 Å². The van der Waals surface area contributed by atoms with Gasteiger partial charge in [-0.1, -0.05) is 44.2 Å². The average molecular weight is 400 g/mol. The quantitative estimate of drug-likeness (QED) is 0.801. The van der Waals surface area contributed by atoms with Crippen molar-refractivity contribution >= 4 is 23.3 Å². The minimum atomic E-state index is -0.172. The molecule has 2 aromatic rings. The van der Waals surface area contributed by atoms with Crippen molar-refractivity contribution in [2.75, 3.05) is 26.2 Å². The smallest absolute Gasteiger partial charge is 0.317 e. The molecule has 3 amide bonds. The van der Waals surface area contributed by atoms with Crippen LogP contribution in [0.25, 0.3) is 0 Å². The number of urea groups is 1. The number of carbonyl (C=O) groups excluding carboxylic acids is 2. The van der Waals surface area contributed by atoms with Crippen molar-refractivity contribution in [3.05, 3.63) is 57.8 Å². The van der Waals surface area contributed by atoms with E-state index in [-0.39, 0.29) is 24.5 Å². The molecule has 28 heavy (non-hydrogen) atoms. The molecule has 0 bridgehead atoms. The highest BCUT2D eigenvalue weighted by Crippen LogP contribution is 2.37. The second-order valence-electron chi connectivity index (χ2n) is 7.56. The van der Waals surface area contributed by atoms with E-state index in [1.165, 1.54) is 10.4 Å². The minimum absolute atomic E-state index is 0.00222. The lowest BCUT2D eigenvalue weighted by molar-refractivity contribution is -0.134. The largest absolute Gasteiger partial charge is 0.338 e. The second kappa shape index (κ2) is 9.24. The van der Waals surface area contributed by atoms with Gasteiger partial charge in [0.05, 0.1) is 6.04 Å². The normalized spacial score (nSPS) is 16.0. The first kappa shape index (κ1) is 20.4. The number of fused-ring (bicyclic) bond motifs is 1. The first-order chi connectivity index (χ1) is 13.5. The number of thiophene rings is 1. The van der Waals surface area contributed by atoms with Crippen molar-refractivity contribution < 1.29 is 9.59 Å². The highest BCUT2D eigenvalue weighted by molar-refractivity contribution is 7.10. The van der Waals surface area contributed by atoms with E-state index >= 15 is 0 Å². The van der Waals surface area contributed by atoms with Crippen LogP contribution in [0.5, 0.6) is 0 Å². The fourth-order valence-corrected chi connectivity index (χ4v) is 4.66. The lowest BCUT2D eigenvalue weighted by Crippen LogP contribution is -2.50. The summed E-state index contributed by atoms with van der Waals surface area (Å²) in [6, 6.07) is 12.0. The molecule has 3 rings (SSSR count). The van der Waals surface area contributed by atoms with Crippen LogP contribution >= 0.6 is 11.3 Å². The van der Waals surface area contributed by atoms with E-state index in [9.17, 15) is 9.59 Å². The van der Waals surface area contributed by atoms with Gasteiger partial charge in [-0.05, 0) is 41.8 Å². The Morgan fingerprint density at radius 2 is 2.00 bits per heavy atom. The Kier molecular flexibility index (Phi) is 6.73. The molecule has 0 fully saturated rings. The number of nitrogens with one attached hydrogen (secondary N) is 1. The molecule has 0 unspecified atom stereocenters. The van der Waals surface area contributed by atoms with E-state index in [1.54, 1.807) is 16.2 Å². The fourth-order valence-electron chi connectivity index (χ4n) is 3.76. The summed E-state index contributed by atoms with van der Waals surface area (Å²) in [7, 11) is 0. The number of rotatable bonds is 6. The molecule has 1 aromatic carbocycles. The Labute approximate surface area is 171 Å². The second-order valence-corrected chi connectivity index (χ2v) is 8.56. The number of amides is 3. The molecule has 1 aliphatic rings. The standard InChI is InChI=1S/C22H29N3O2S/c1-4-23-22(27)24(14-16(2)3)15-20(26)25-12-10-19-18(11-13-28-19)21(25)17-8-6-5-7-9-17/h5-9,11,13,16,21H,4,10,12,14-15H2,1-3H3,(H,23,27)/t21-/m1/s1. The Morgan fingerprint density at radius 3 is 2.68 bits per heavy atom. The van der Waals surface area contributed by atoms with Gasteiger partial charge in [-0.25, -0.2) is 4.79 Å². The first-order valence-electron chi connectivity index (χ1n) is 9.94. The Morgan fingerprint density at radius 1 is 1.25 bits per heavy atom. The van der Waals surface area contributed by atoms with Gasteiger partial charge >= 0.3 is 6.03 Å². The summed E-state index contributed by atoms with van der Waals surface area (Å²) >= 11 is 1.76. The zero-order chi connectivity index (χ0) is 20.1. The molecule has 150 valence electrons. The number of nitrogens with zero attached hydrogens (tertiary/aromatic N) is 2. The number of hydrogen-bond acceptors (Lipinski definition) is 3. The van der Waals surface area contributed by atoms with Crippen LogP contribution < -0.4 is 5.32 Å². The Hall–Kier alpha value is -2.34. The molecule has 0 radical (unpaired) electrons. The third-order valence-corrected chi connectivity index (χ3v) is 5.92. The number of benzene rings is 1. The van der Waals surface area contributed by atoms with Crippen LogP contribution in [-0.4, -0.2) is 47.9 Å². The molecule has 1 N–H and O–H groups in total. The lowest BCUT2D eigenvalue weighted by Gasteiger charge is -2.37. The Balaban J connectivity index is 1.85. The molecular weight excluding hydrogens is 370 g/mol. The van der Waals surface area contributed by atoms with Crippen LogP contribution in [0.3, 0.4) is 0 Å².